The molecule has 5 nitrogen and oxygen atoms in total. The first kappa shape index (κ1) is 14.8. The second-order valence-electron chi connectivity index (χ2n) is 5.76. The number of nitrogens with zero attached hydrogens (tertiary/aromatic N) is 4. The van der Waals surface area contributed by atoms with Crippen molar-refractivity contribution in [3.63, 3.8) is 0 Å². The Hall–Kier alpha value is -1.76. The van der Waals surface area contributed by atoms with Crippen LogP contribution in [0.15, 0.2) is 53.4 Å². The van der Waals surface area contributed by atoms with Crippen LogP contribution in [0.2, 0.25) is 0 Å². The number of hydrogen-bond acceptors (Lipinski definition) is 4. The molecule has 4 heterocycles. The molecule has 1 N–H and O–H groups in total. The lowest BCUT2D eigenvalue weighted by Gasteiger charge is -2.35. The van der Waals surface area contributed by atoms with Crippen molar-refractivity contribution in [2.75, 3.05) is 19.6 Å². The highest BCUT2D eigenvalue weighted by Crippen LogP contribution is 2.23. The van der Waals surface area contributed by atoms with Gasteiger partial charge in [-0.1, -0.05) is 6.07 Å². The second-order valence-corrected chi connectivity index (χ2v) is 6.62. The summed E-state index contributed by atoms with van der Waals surface area (Å²) in [5.74, 6) is 0. The van der Waals surface area contributed by atoms with E-state index in [1.165, 1.54) is 0 Å². The average molecular weight is 372 g/mol. The minimum atomic E-state index is 0.290. The third-order valence-corrected chi connectivity index (χ3v) is 4.85. The molecule has 0 aliphatic carbocycles. The lowest BCUT2D eigenvalue weighted by molar-refractivity contribution is 0.149. The molecule has 4 rings (SSSR count). The minimum Gasteiger partial charge on any atom is -0.313 e. The molecule has 3 aromatic heterocycles. The first-order valence-corrected chi connectivity index (χ1v) is 8.58. The van der Waals surface area contributed by atoms with Crippen LogP contribution in [0.25, 0.3) is 5.65 Å². The van der Waals surface area contributed by atoms with E-state index in [1.807, 2.05) is 30.6 Å². The van der Waals surface area contributed by atoms with Crippen molar-refractivity contribution in [1.29, 1.82) is 0 Å². The van der Waals surface area contributed by atoms with Gasteiger partial charge in [0.1, 0.15) is 0 Å². The van der Waals surface area contributed by atoms with Gasteiger partial charge in [-0.3, -0.25) is 9.88 Å². The third-order valence-electron chi connectivity index (χ3n) is 4.23. The zero-order chi connectivity index (χ0) is 15.6. The number of aromatic nitrogens is 3. The highest BCUT2D eigenvalue weighted by atomic mass is 79.9. The number of fused-ring (bicyclic) bond motifs is 1. The molecule has 0 amide bonds. The van der Waals surface area contributed by atoms with Crippen LogP contribution in [0.5, 0.6) is 0 Å². The molecular formula is C17H18BrN5. The van der Waals surface area contributed by atoms with Crippen LogP contribution in [0.4, 0.5) is 0 Å². The van der Waals surface area contributed by atoms with Crippen LogP contribution in [0.3, 0.4) is 0 Å². The zero-order valence-corrected chi connectivity index (χ0v) is 14.3. The summed E-state index contributed by atoms with van der Waals surface area (Å²) >= 11 is 3.57. The fraction of sp³-hybridized carbons (Fsp3) is 0.294. The Morgan fingerprint density at radius 3 is 3.04 bits per heavy atom. The molecule has 1 saturated heterocycles. The van der Waals surface area contributed by atoms with Crippen molar-refractivity contribution in [2.45, 2.75) is 12.6 Å². The van der Waals surface area contributed by atoms with E-state index in [0.717, 1.165) is 47.7 Å². The molecule has 0 saturated carbocycles. The molecule has 0 radical (unpaired) electrons. The van der Waals surface area contributed by atoms with E-state index in [9.17, 15) is 0 Å². The van der Waals surface area contributed by atoms with Gasteiger partial charge in [-0.25, -0.2) is 4.98 Å². The number of halogens is 1. The number of hydrogen-bond donors (Lipinski definition) is 1. The quantitative estimate of drug-likeness (QED) is 0.768. The van der Waals surface area contributed by atoms with Crippen LogP contribution in [-0.4, -0.2) is 38.9 Å². The zero-order valence-electron chi connectivity index (χ0n) is 12.7. The van der Waals surface area contributed by atoms with Gasteiger partial charge >= 0.3 is 0 Å². The van der Waals surface area contributed by atoms with E-state index in [-0.39, 0.29) is 0 Å². The molecule has 1 unspecified atom stereocenters. The van der Waals surface area contributed by atoms with Crippen molar-refractivity contribution >= 4 is 21.6 Å². The topological polar surface area (TPSA) is 45.5 Å². The Balaban J connectivity index is 1.61. The summed E-state index contributed by atoms with van der Waals surface area (Å²) in [6.45, 7) is 3.75. The summed E-state index contributed by atoms with van der Waals surface area (Å²) in [5.41, 5.74) is 3.16. The summed E-state index contributed by atoms with van der Waals surface area (Å²) in [6.07, 6.45) is 6.01. The highest BCUT2D eigenvalue weighted by Gasteiger charge is 2.25. The monoisotopic (exact) mass is 371 g/mol. The maximum atomic E-state index is 4.77. The number of imidazole rings is 1. The molecule has 0 aromatic carbocycles. The van der Waals surface area contributed by atoms with Gasteiger partial charge in [-0.15, -0.1) is 0 Å². The summed E-state index contributed by atoms with van der Waals surface area (Å²) in [6, 6.07) is 10.4. The number of pyridine rings is 2. The molecule has 0 bridgehead atoms. The average Bonchev–Trinajstić information content (AvgIpc) is 3.00. The Morgan fingerprint density at radius 1 is 1.26 bits per heavy atom. The van der Waals surface area contributed by atoms with E-state index in [0.29, 0.717) is 6.04 Å². The predicted octanol–water partition coefficient (Wildman–Crippen LogP) is 2.64. The summed E-state index contributed by atoms with van der Waals surface area (Å²) in [7, 11) is 0. The standard InChI is InChI=1S/C17H18BrN5/c18-14-4-3-8-23-12-13(21-17(14)23)11-22-9-7-19-10-16(22)15-5-1-2-6-20-15/h1-6,8,12,16,19H,7,9-11H2. The van der Waals surface area contributed by atoms with Crippen molar-refractivity contribution < 1.29 is 0 Å². The molecule has 1 aliphatic rings. The van der Waals surface area contributed by atoms with E-state index in [4.69, 9.17) is 4.98 Å². The summed E-state index contributed by atoms with van der Waals surface area (Å²) in [5, 5.41) is 3.47. The molecular weight excluding hydrogens is 354 g/mol. The van der Waals surface area contributed by atoms with E-state index in [2.05, 4.69) is 53.9 Å². The van der Waals surface area contributed by atoms with E-state index >= 15 is 0 Å². The first-order chi connectivity index (χ1) is 11.3. The first-order valence-electron chi connectivity index (χ1n) is 7.79. The van der Waals surface area contributed by atoms with Gasteiger partial charge in [0, 0.05) is 44.8 Å². The Kier molecular flexibility index (Phi) is 4.11. The predicted molar refractivity (Wildman–Crippen MR) is 93.1 cm³/mol. The lowest BCUT2D eigenvalue weighted by Crippen LogP contribution is -2.45. The fourth-order valence-electron chi connectivity index (χ4n) is 3.11. The van der Waals surface area contributed by atoms with Crippen LogP contribution >= 0.6 is 15.9 Å². The maximum absolute atomic E-state index is 4.77. The number of nitrogens with one attached hydrogen (secondary N) is 1. The largest absolute Gasteiger partial charge is 0.313 e. The lowest BCUT2D eigenvalue weighted by atomic mass is 10.1. The molecule has 1 aliphatic heterocycles. The van der Waals surface area contributed by atoms with E-state index in [1.54, 1.807) is 0 Å². The van der Waals surface area contributed by atoms with Gasteiger partial charge in [0.15, 0.2) is 5.65 Å². The van der Waals surface area contributed by atoms with Crippen LogP contribution in [-0.2, 0) is 6.54 Å². The molecule has 6 heteroatoms. The SMILES string of the molecule is Brc1cccn2cc(CN3CCNCC3c3ccccn3)nc12. The van der Waals surface area contributed by atoms with Gasteiger partial charge in [0.05, 0.1) is 21.9 Å². The Morgan fingerprint density at radius 2 is 2.22 bits per heavy atom. The van der Waals surface area contributed by atoms with Gasteiger partial charge in [-0.2, -0.15) is 0 Å². The smallest absolute Gasteiger partial charge is 0.151 e. The molecule has 0 spiro atoms. The van der Waals surface area contributed by atoms with Crippen molar-refractivity contribution in [3.8, 4) is 0 Å². The molecule has 3 aromatic rings. The number of rotatable bonds is 3. The van der Waals surface area contributed by atoms with Crippen LogP contribution in [0.1, 0.15) is 17.4 Å². The summed E-state index contributed by atoms with van der Waals surface area (Å²) in [4.78, 5) is 11.8. The van der Waals surface area contributed by atoms with Gasteiger partial charge in [0.25, 0.3) is 0 Å². The maximum Gasteiger partial charge on any atom is 0.151 e. The van der Waals surface area contributed by atoms with Crippen LogP contribution < -0.4 is 5.32 Å². The van der Waals surface area contributed by atoms with Gasteiger partial charge in [-0.05, 0) is 40.2 Å². The molecule has 1 atom stereocenters. The van der Waals surface area contributed by atoms with Gasteiger partial charge in [0.2, 0.25) is 0 Å². The molecule has 1 fully saturated rings. The fourth-order valence-corrected chi connectivity index (χ4v) is 3.56. The van der Waals surface area contributed by atoms with Gasteiger partial charge < -0.3 is 9.72 Å². The third kappa shape index (κ3) is 3.02. The molecule has 23 heavy (non-hydrogen) atoms. The normalized spacial score (nSPS) is 19.3. The second kappa shape index (κ2) is 6.39. The van der Waals surface area contributed by atoms with Crippen LogP contribution in [0, 0.1) is 0 Å². The minimum absolute atomic E-state index is 0.290. The van der Waals surface area contributed by atoms with Crippen molar-refractivity contribution in [1.82, 2.24) is 24.6 Å². The van der Waals surface area contributed by atoms with E-state index < -0.39 is 0 Å². The summed E-state index contributed by atoms with van der Waals surface area (Å²) < 4.78 is 3.09. The van der Waals surface area contributed by atoms with Crippen molar-refractivity contribution in [3.05, 3.63) is 64.8 Å². The number of piperazine rings is 1. The van der Waals surface area contributed by atoms with Crippen molar-refractivity contribution in [2.24, 2.45) is 0 Å². The molecule has 118 valence electrons. The Bertz CT molecular complexity index is 801. The highest BCUT2D eigenvalue weighted by molar-refractivity contribution is 9.10. The Labute approximate surface area is 143 Å².